The minimum Gasteiger partial charge on any atom is -0.263 e. The molecule has 0 amide bonds. The van der Waals surface area contributed by atoms with E-state index in [4.69, 9.17) is 0 Å². The van der Waals surface area contributed by atoms with Crippen molar-refractivity contribution in [1.82, 2.24) is 19.9 Å². The lowest BCUT2D eigenvalue weighted by Crippen LogP contribution is -2.25. The second-order valence-electron chi connectivity index (χ2n) is 3.89. The van der Waals surface area contributed by atoms with Gasteiger partial charge in [-0.1, -0.05) is 6.07 Å². The number of aromatic amines is 1. The van der Waals surface area contributed by atoms with Crippen molar-refractivity contribution in [3.8, 4) is 0 Å². The van der Waals surface area contributed by atoms with E-state index in [1.165, 1.54) is 24.5 Å². The Morgan fingerprint density at radius 2 is 2.21 bits per heavy atom. The van der Waals surface area contributed by atoms with Gasteiger partial charge >= 0.3 is 0 Å². The molecule has 0 atom stereocenters. The van der Waals surface area contributed by atoms with Gasteiger partial charge in [-0.2, -0.15) is 5.10 Å². The Kier molecular flexibility index (Phi) is 4.23. The lowest BCUT2D eigenvalue weighted by molar-refractivity contribution is 0.574. The molecular formula is C11H13FN4O2S. The zero-order valence-corrected chi connectivity index (χ0v) is 10.8. The van der Waals surface area contributed by atoms with E-state index < -0.39 is 15.8 Å². The Balaban J connectivity index is 1.88. The summed E-state index contributed by atoms with van der Waals surface area (Å²) in [7, 11) is -3.66. The molecule has 0 aliphatic heterocycles. The monoisotopic (exact) mass is 284 g/mol. The number of hydrogen-bond donors (Lipinski definition) is 2. The molecule has 2 rings (SSSR count). The van der Waals surface area contributed by atoms with Gasteiger partial charge in [0.15, 0.2) is 0 Å². The van der Waals surface area contributed by atoms with E-state index in [-0.39, 0.29) is 11.4 Å². The number of H-pyrrole nitrogens is 1. The number of benzene rings is 1. The summed E-state index contributed by atoms with van der Waals surface area (Å²) in [5.41, 5.74) is 0. The minimum atomic E-state index is -3.66. The van der Waals surface area contributed by atoms with Gasteiger partial charge in [-0.3, -0.25) is 5.10 Å². The van der Waals surface area contributed by atoms with Crippen LogP contribution in [-0.4, -0.2) is 30.1 Å². The third kappa shape index (κ3) is 3.83. The summed E-state index contributed by atoms with van der Waals surface area (Å²) >= 11 is 0. The second-order valence-corrected chi connectivity index (χ2v) is 5.66. The van der Waals surface area contributed by atoms with Gasteiger partial charge in [0.2, 0.25) is 10.0 Å². The molecule has 0 aliphatic rings. The highest BCUT2D eigenvalue weighted by Crippen LogP contribution is 2.10. The van der Waals surface area contributed by atoms with Crippen LogP contribution in [0.2, 0.25) is 0 Å². The average molecular weight is 284 g/mol. The molecule has 0 fully saturated rings. The first-order valence-electron chi connectivity index (χ1n) is 5.67. The van der Waals surface area contributed by atoms with Crippen LogP contribution in [0.3, 0.4) is 0 Å². The number of nitrogens with one attached hydrogen (secondary N) is 2. The van der Waals surface area contributed by atoms with Crippen molar-refractivity contribution in [1.29, 1.82) is 0 Å². The van der Waals surface area contributed by atoms with Crippen LogP contribution in [0, 0.1) is 5.82 Å². The van der Waals surface area contributed by atoms with Gasteiger partial charge in [-0.05, 0) is 24.6 Å². The maximum Gasteiger partial charge on any atom is 0.240 e. The van der Waals surface area contributed by atoms with Crippen LogP contribution < -0.4 is 4.72 Å². The van der Waals surface area contributed by atoms with E-state index in [0.717, 1.165) is 6.07 Å². The fraction of sp³-hybridized carbons (Fsp3) is 0.273. The summed E-state index contributed by atoms with van der Waals surface area (Å²) in [4.78, 5) is 3.85. The molecule has 2 aromatic rings. The van der Waals surface area contributed by atoms with E-state index >= 15 is 0 Å². The van der Waals surface area contributed by atoms with Crippen LogP contribution in [-0.2, 0) is 16.4 Å². The third-order valence-electron chi connectivity index (χ3n) is 2.45. The first-order chi connectivity index (χ1) is 9.08. The molecule has 1 aromatic carbocycles. The Labute approximate surface area is 110 Å². The molecule has 0 bridgehead atoms. The number of nitrogens with zero attached hydrogens (tertiary/aromatic N) is 2. The highest BCUT2D eigenvalue weighted by molar-refractivity contribution is 7.89. The molecule has 2 N–H and O–H groups in total. The quantitative estimate of drug-likeness (QED) is 0.770. The highest BCUT2D eigenvalue weighted by Gasteiger charge is 2.13. The van der Waals surface area contributed by atoms with Gasteiger partial charge in [0.05, 0.1) is 4.90 Å². The fourth-order valence-electron chi connectivity index (χ4n) is 1.53. The summed E-state index contributed by atoms with van der Waals surface area (Å²) in [6.45, 7) is 0.250. The SMILES string of the molecule is O=S(=O)(NCCCc1ncn[nH]1)c1cccc(F)c1. The number of hydrogen-bond acceptors (Lipinski definition) is 4. The Morgan fingerprint density at radius 3 is 2.89 bits per heavy atom. The summed E-state index contributed by atoms with van der Waals surface area (Å²) in [5.74, 6) is 0.120. The van der Waals surface area contributed by atoms with Gasteiger partial charge < -0.3 is 0 Å². The lowest BCUT2D eigenvalue weighted by atomic mass is 10.3. The van der Waals surface area contributed by atoms with Gasteiger partial charge in [-0.25, -0.2) is 22.5 Å². The maximum atomic E-state index is 13.0. The molecule has 0 spiro atoms. The summed E-state index contributed by atoms with van der Waals surface area (Å²) in [6, 6.07) is 4.89. The van der Waals surface area contributed by atoms with Crippen molar-refractivity contribution in [3.05, 3.63) is 42.2 Å². The average Bonchev–Trinajstić information content (AvgIpc) is 2.88. The van der Waals surface area contributed by atoms with Crippen molar-refractivity contribution in [2.24, 2.45) is 0 Å². The molecule has 0 saturated heterocycles. The van der Waals surface area contributed by atoms with Crippen LogP contribution in [0.4, 0.5) is 4.39 Å². The van der Waals surface area contributed by atoms with Crippen molar-refractivity contribution in [3.63, 3.8) is 0 Å². The topological polar surface area (TPSA) is 87.7 Å². The van der Waals surface area contributed by atoms with Gasteiger partial charge in [0.1, 0.15) is 18.0 Å². The van der Waals surface area contributed by atoms with E-state index in [1.807, 2.05) is 0 Å². The predicted octanol–water partition coefficient (Wildman–Crippen LogP) is 0.855. The molecule has 0 aliphatic carbocycles. The molecule has 1 heterocycles. The van der Waals surface area contributed by atoms with Crippen LogP contribution in [0.25, 0.3) is 0 Å². The molecule has 0 radical (unpaired) electrons. The van der Waals surface area contributed by atoms with Crippen molar-refractivity contribution < 1.29 is 12.8 Å². The van der Waals surface area contributed by atoms with Gasteiger partial charge in [0.25, 0.3) is 0 Å². The minimum absolute atomic E-state index is 0.0767. The number of aryl methyl sites for hydroxylation is 1. The largest absolute Gasteiger partial charge is 0.263 e. The standard InChI is InChI=1S/C11H13FN4O2S/c12-9-3-1-4-10(7-9)19(17,18)15-6-2-5-11-13-8-14-16-11/h1,3-4,7-8,15H,2,5-6H2,(H,13,14,16). The number of rotatable bonds is 6. The molecule has 8 heteroatoms. The zero-order valence-electron chi connectivity index (χ0n) is 10.0. The maximum absolute atomic E-state index is 13.0. The van der Waals surface area contributed by atoms with Crippen molar-refractivity contribution in [2.75, 3.05) is 6.54 Å². The van der Waals surface area contributed by atoms with E-state index in [0.29, 0.717) is 18.7 Å². The highest BCUT2D eigenvalue weighted by atomic mass is 32.2. The van der Waals surface area contributed by atoms with Gasteiger partial charge in [0, 0.05) is 13.0 Å². The van der Waals surface area contributed by atoms with E-state index in [2.05, 4.69) is 19.9 Å². The second kappa shape index (κ2) is 5.89. The number of halogens is 1. The summed E-state index contributed by atoms with van der Waals surface area (Å²) in [6.07, 6.45) is 2.56. The molecule has 0 unspecified atom stereocenters. The molecule has 6 nitrogen and oxygen atoms in total. The molecule has 0 saturated carbocycles. The third-order valence-corrected chi connectivity index (χ3v) is 3.91. The van der Waals surface area contributed by atoms with Crippen LogP contribution in [0.1, 0.15) is 12.2 Å². The Morgan fingerprint density at radius 1 is 1.37 bits per heavy atom. The Hall–Kier alpha value is -1.80. The van der Waals surface area contributed by atoms with E-state index in [9.17, 15) is 12.8 Å². The molecule has 19 heavy (non-hydrogen) atoms. The first kappa shape index (κ1) is 13.6. The van der Waals surface area contributed by atoms with Crippen molar-refractivity contribution in [2.45, 2.75) is 17.7 Å². The number of sulfonamides is 1. The normalized spacial score (nSPS) is 11.6. The summed E-state index contributed by atoms with van der Waals surface area (Å²) < 4.78 is 39.0. The molecular weight excluding hydrogens is 271 g/mol. The van der Waals surface area contributed by atoms with Gasteiger partial charge in [-0.15, -0.1) is 0 Å². The van der Waals surface area contributed by atoms with E-state index in [1.54, 1.807) is 0 Å². The van der Waals surface area contributed by atoms with Crippen molar-refractivity contribution >= 4 is 10.0 Å². The fourth-order valence-corrected chi connectivity index (χ4v) is 2.64. The molecule has 1 aromatic heterocycles. The first-order valence-corrected chi connectivity index (χ1v) is 7.16. The van der Waals surface area contributed by atoms with Crippen LogP contribution in [0.15, 0.2) is 35.5 Å². The smallest absolute Gasteiger partial charge is 0.240 e. The van der Waals surface area contributed by atoms with Crippen LogP contribution in [0.5, 0.6) is 0 Å². The Bertz CT molecular complexity index is 628. The molecule has 102 valence electrons. The summed E-state index contributed by atoms with van der Waals surface area (Å²) in [5, 5.41) is 6.38. The lowest BCUT2D eigenvalue weighted by Gasteiger charge is -2.06. The number of aromatic nitrogens is 3. The van der Waals surface area contributed by atoms with Crippen LogP contribution >= 0.6 is 0 Å². The predicted molar refractivity (Wildman–Crippen MR) is 66.3 cm³/mol. The zero-order chi connectivity index (χ0) is 13.7.